The lowest BCUT2D eigenvalue weighted by Crippen LogP contribution is -2.35. The minimum Gasteiger partial charge on any atom is -0.497 e. The topological polar surface area (TPSA) is 67.4 Å². The van der Waals surface area contributed by atoms with Crippen LogP contribution in [-0.4, -0.2) is 18.9 Å². The van der Waals surface area contributed by atoms with Gasteiger partial charge in [0.2, 0.25) is 11.8 Å². The molecule has 0 saturated heterocycles. The molecule has 0 heterocycles. The molecule has 2 amide bonds. The lowest BCUT2D eigenvalue weighted by molar-refractivity contribution is -0.123. The van der Waals surface area contributed by atoms with Gasteiger partial charge in [0, 0.05) is 6.92 Å². The van der Waals surface area contributed by atoms with Crippen molar-refractivity contribution in [1.82, 2.24) is 10.6 Å². The number of nitrogens with one attached hydrogen (secondary N) is 2. The van der Waals surface area contributed by atoms with Crippen LogP contribution in [0.5, 0.6) is 5.75 Å². The number of amides is 2. The Morgan fingerprint density at radius 1 is 0.844 bits per heavy atom. The molecule has 0 spiro atoms. The highest BCUT2D eigenvalue weighted by molar-refractivity contribution is 5.79. The molecule has 0 radical (unpaired) electrons. The van der Waals surface area contributed by atoms with Gasteiger partial charge in [-0.2, -0.15) is 0 Å². The molecule has 0 aliphatic heterocycles. The highest BCUT2D eigenvalue weighted by Crippen LogP contribution is 2.23. The van der Waals surface area contributed by atoms with E-state index < -0.39 is 6.04 Å². The molecule has 2 N–H and O–H groups in total. The summed E-state index contributed by atoms with van der Waals surface area (Å²) in [5.41, 5.74) is 2.66. The number of benzene rings is 3. The van der Waals surface area contributed by atoms with Crippen LogP contribution in [0.1, 0.15) is 42.1 Å². The zero-order chi connectivity index (χ0) is 22.9. The molecular weight excluding hydrogens is 407 g/mol. The van der Waals surface area contributed by atoms with Crippen LogP contribution >= 0.6 is 0 Å². The highest BCUT2D eigenvalue weighted by atomic mass is 19.1. The van der Waals surface area contributed by atoms with Gasteiger partial charge in [0.25, 0.3) is 0 Å². The highest BCUT2D eigenvalue weighted by Gasteiger charge is 2.21. The van der Waals surface area contributed by atoms with Gasteiger partial charge in [-0.1, -0.05) is 54.6 Å². The summed E-state index contributed by atoms with van der Waals surface area (Å²) in [6.07, 6.45) is 0.591. The van der Waals surface area contributed by atoms with Crippen LogP contribution in [0.25, 0.3) is 0 Å². The third kappa shape index (κ3) is 6.67. The van der Waals surface area contributed by atoms with Gasteiger partial charge in [0.15, 0.2) is 0 Å². The molecule has 3 aromatic rings. The van der Waals surface area contributed by atoms with E-state index in [2.05, 4.69) is 10.6 Å². The van der Waals surface area contributed by atoms with E-state index >= 15 is 0 Å². The Morgan fingerprint density at radius 2 is 1.47 bits per heavy atom. The number of carbonyl (C=O) groups is 2. The van der Waals surface area contributed by atoms with Gasteiger partial charge in [-0.25, -0.2) is 4.39 Å². The standard InChI is InChI=1S/C26H27FN2O3/c1-18(30)28-25(20-6-4-3-5-7-20)17-26(31)29-24(16-19-8-12-22(27)13-9-19)21-10-14-23(32-2)15-11-21/h3-15,24-25H,16-17H2,1-2H3,(H,28,30)(H,29,31). The summed E-state index contributed by atoms with van der Waals surface area (Å²) in [7, 11) is 1.60. The smallest absolute Gasteiger partial charge is 0.222 e. The quantitative estimate of drug-likeness (QED) is 0.521. The second-order valence-electron chi connectivity index (χ2n) is 7.59. The van der Waals surface area contributed by atoms with Crippen molar-refractivity contribution >= 4 is 11.8 Å². The monoisotopic (exact) mass is 434 g/mol. The summed E-state index contributed by atoms with van der Waals surface area (Å²) >= 11 is 0. The van der Waals surface area contributed by atoms with Crippen molar-refractivity contribution in [1.29, 1.82) is 0 Å². The van der Waals surface area contributed by atoms with Crippen LogP contribution in [0, 0.1) is 5.82 Å². The van der Waals surface area contributed by atoms with Crippen molar-refractivity contribution in [2.24, 2.45) is 0 Å². The van der Waals surface area contributed by atoms with Gasteiger partial charge in [0.1, 0.15) is 11.6 Å². The van der Waals surface area contributed by atoms with E-state index in [-0.39, 0.29) is 30.1 Å². The number of halogens is 1. The summed E-state index contributed by atoms with van der Waals surface area (Å²) in [4.78, 5) is 24.7. The minimum absolute atomic E-state index is 0.0969. The Labute approximate surface area is 187 Å². The molecule has 5 nitrogen and oxygen atoms in total. The second kappa shape index (κ2) is 11.1. The van der Waals surface area contributed by atoms with E-state index in [1.165, 1.54) is 19.1 Å². The van der Waals surface area contributed by atoms with Crippen LogP contribution in [0.3, 0.4) is 0 Å². The van der Waals surface area contributed by atoms with E-state index in [0.717, 1.165) is 22.4 Å². The van der Waals surface area contributed by atoms with E-state index in [1.54, 1.807) is 19.2 Å². The molecular formula is C26H27FN2O3. The summed E-state index contributed by atoms with van der Waals surface area (Å²) < 4.78 is 18.6. The van der Waals surface area contributed by atoms with Crippen molar-refractivity contribution in [3.8, 4) is 5.75 Å². The van der Waals surface area contributed by atoms with Gasteiger partial charge >= 0.3 is 0 Å². The third-order valence-electron chi connectivity index (χ3n) is 5.18. The van der Waals surface area contributed by atoms with Gasteiger partial charge < -0.3 is 15.4 Å². The third-order valence-corrected chi connectivity index (χ3v) is 5.18. The molecule has 3 rings (SSSR count). The Balaban J connectivity index is 1.79. The Morgan fingerprint density at radius 3 is 2.06 bits per heavy atom. The van der Waals surface area contributed by atoms with Crippen LogP contribution < -0.4 is 15.4 Å². The largest absolute Gasteiger partial charge is 0.497 e. The Bertz CT molecular complexity index is 1020. The first-order valence-electron chi connectivity index (χ1n) is 10.4. The van der Waals surface area contributed by atoms with Gasteiger partial charge in [-0.3, -0.25) is 9.59 Å². The Hall–Kier alpha value is -3.67. The predicted octanol–water partition coefficient (Wildman–Crippen LogP) is 4.50. The fourth-order valence-electron chi connectivity index (χ4n) is 3.57. The molecule has 0 fully saturated rings. The Kier molecular flexibility index (Phi) is 7.97. The number of hydrogen-bond acceptors (Lipinski definition) is 3. The number of hydrogen-bond donors (Lipinski definition) is 2. The minimum atomic E-state index is -0.434. The first-order chi connectivity index (χ1) is 15.4. The van der Waals surface area contributed by atoms with E-state index in [9.17, 15) is 14.0 Å². The molecule has 0 saturated carbocycles. The van der Waals surface area contributed by atoms with Crippen molar-refractivity contribution in [3.05, 3.63) is 101 Å². The van der Waals surface area contributed by atoms with Crippen molar-refractivity contribution in [3.63, 3.8) is 0 Å². The summed E-state index contributed by atoms with van der Waals surface area (Å²) in [6, 6.07) is 22.3. The molecule has 2 unspecified atom stereocenters. The van der Waals surface area contributed by atoms with Gasteiger partial charge in [0.05, 0.1) is 25.6 Å². The normalized spacial score (nSPS) is 12.5. The fraction of sp³-hybridized carbons (Fsp3) is 0.231. The van der Waals surface area contributed by atoms with Gasteiger partial charge in [-0.05, 0) is 47.4 Å². The molecule has 6 heteroatoms. The fourth-order valence-corrected chi connectivity index (χ4v) is 3.57. The van der Waals surface area contributed by atoms with Gasteiger partial charge in [-0.15, -0.1) is 0 Å². The number of rotatable bonds is 9. The maximum absolute atomic E-state index is 13.3. The lowest BCUT2D eigenvalue weighted by atomic mass is 9.97. The average Bonchev–Trinajstić information content (AvgIpc) is 2.80. The van der Waals surface area contributed by atoms with E-state index in [4.69, 9.17) is 4.74 Å². The number of methoxy groups -OCH3 is 1. The predicted molar refractivity (Wildman–Crippen MR) is 122 cm³/mol. The molecule has 0 aliphatic rings. The van der Waals surface area contributed by atoms with E-state index in [0.29, 0.717) is 6.42 Å². The van der Waals surface area contributed by atoms with Crippen molar-refractivity contribution < 1.29 is 18.7 Å². The zero-order valence-corrected chi connectivity index (χ0v) is 18.2. The molecule has 0 aromatic heterocycles. The maximum atomic E-state index is 13.3. The number of ether oxygens (including phenoxy) is 1. The average molecular weight is 435 g/mol. The first-order valence-corrected chi connectivity index (χ1v) is 10.4. The second-order valence-corrected chi connectivity index (χ2v) is 7.59. The molecule has 32 heavy (non-hydrogen) atoms. The summed E-state index contributed by atoms with van der Waals surface area (Å²) in [5, 5.41) is 5.94. The molecule has 0 bridgehead atoms. The van der Waals surface area contributed by atoms with Crippen LogP contribution in [-0.2, 0) is 16.0 Å². The zero-order valence-electron chi connectivity index (χ0n) is 18.2. The lowest BCUT2D eigenvalue weighted by Gasteiger charge is -2.23. The first kappa shape index (κ1) is 23.0. The van der Waals surface area contributed by atoms with Crippen LogP contribution in [0.4, 0.5) is 4.39 Å². The summed E-state index contributed by atoms with van der Waals surface area (Å²) in [6.45, 7) is 1.43. The number of carbonyl (C=O) groups excluding carboxylic acids is 2. The molecule has 2 atom stereocenters. The summed E-state index contributed by atoms with van der Waals surface area (Å²) in [5.74, 6) is 0.00963. The van der Waals surface area contributed by atoms with Crippen molar-refractivity contribution in [2.45, 2.75) is 31.8 Å². The molecule has 166 valence electrons. The van der Waals surface area contributed by atoms with Crippen LogP contribution in [0.2, 0.25) is 0 Å². The maximum Gasteiger partial charge on any atom is 0.222 e. The van der Waals surface area contributed by atoms with Crippen LogP contribution in [0.15, 0.2) is 78.9 Å². The molecule has 3 aromatic carbocycles. The van der Waals surface area contributed by atoms with Crippen molar-refractivity contribution in [2.75, 3.05) is 7.11 Å². The SMILES string of the molecule is COc1ccc(C(Cc2ccc(F)cc2)NC(=O)CC(NC(C)=O)c2ccccc2)cc1. The molecule has 0 aliphatic carbocycles. The van der Waals surface area contributed by atoms with E-state index in [1.807, 2.05) is 54.6 Å².